The Morgan fingerprint density at radius 1 is 1.16 bits per heavy atom. The molecular formula is C23H21N7O. The monoisotopic (exact) mass is 411 g/mol. The zero-order valence-corrected chi connectivity index (χ0v) is 17.4. The summed E-state index contributed by atoms with van der Waals surface area (Å²) in [6.07, 6.45) is 6.99. The van der Waals surface area contributed by atoms with Crippen LogP contribution in [0.5, 0.6) is 0 Å². The molecule has 0 spiro atoms. The third kappa shape index (κ3) is 2.71. The summed E-state index contributed by atoms with van der Waals surface area (Å²) in [4.78, 5) is 29.0. The van der Waals surface area contributed by atoms with Crippen LogP contribution in [0, 0.1) is 6.92 Å². The van der Waals surface area contributed by atoms with Crippen LogP contribution in [0.2, 0.25) is 0 Å². The van der Waals surface area contributed by atoms with Crippen molar-refractivity contribution in [3.8, 4) is 11.3 Å². The number of aliphatic imine (C=N–C) groups is 1. The van der Waals surface area contributed by atoms with Crippen molar-refractivity contribution >= 4 is 23.1 Å². The van der Waals surface area contributed by atoms with Gasteiger partial charge in [-0.1, -0.05) is 6.07 Å². The van der Waals surface area contributed by atoms with E-state index in [1.807, 2.05) is 52.8 Å². The molecule has 31 heavy (non-hydrogen) atoms. The summed E-state index contributed by atoms with van der Waals surface area (Å²) in [6.45, 7) is 3.24. The van der Waals surface area contributed by atoms with E-state index in [9.17, 15) is 4.79 Å². The Hall–Kier alpha value is -3.81. The van der Waals surface area contributed by atoms with E-state index in [1.165, 1.54) is 0 Å². The lowest BCUT2D eigenvalue weighted by atomic mass is 10.0. The molecule has 0 fully saturated rings. The lowest BCUT2D eigenvalue weighted by molar-refractivity contribution is -0.118. The fourth-order valence-corrected chi connectivity index (χ4v) is 4.45. The molecule has 0 aliphatic carbocycles. The van der Waals surface area contributed by atoms with Crippen LogP contribution in [0.15, 0.2) is 47.8 Å². The van der Waals surface area contributed by atoms with E-state index in [0.29, 0.717) is 31.7 Å². The number of aryl methyl sites for hydroxylation is 2. The fraction of sp³-hybridized carbons (Fsp3) is 0.261. The number of imidazole rings is 1. The van der Waals surface area contributed by atoms with Crippen LogP contribution < -0.4 is 4.90 Å². The van der Waals surface area contributed by atoms with Crippen LogP contribution in [0.25, 0.3) is 16.9 Å². The van der Waals surface area contributed by atoms with Crippen molar-refractivity contribution in [2.45, 2.75) is 32.9 Å². The SMILES string of the molecule is Cc1nn2cc1C1=NCc3ncc(cc31)-c1c(nc3ccccn13)N(C)C(=O)CCC2. The van der Waals surface area contributed by atoms with Gasteiger partial charge in [-0.25, -0.2) is 4.98 Å². The molecule has 0 unspecified atom stereocenters. The average Bonchev–Trinajstić information content (AvgIpc) is 3.46. The Balaban J connectivity index is 1.63. The van der Waals surface area contributed by atoms with Crippen molar-refractivity contribution in [1.82, 2.24) is 24.1 Å². The highest BCUT2D eigenvalue weighted by Gasteiger charge is 2.26. The minimum Gasteiger partial charge on any atom is -0.298 e. The van der Waals surface area contributed by atoms with Gasteiger partial charge < -0.3 is 0 Å². The Morgan fingerprint density at radius 3 is 2.97 bits per heavy atom. The van der Waals surface area contributed by atoms with Gasteiger partial charge in [0.2, 0.25) is 5.91 Å². The van der Waals surface area contributed by atoms with Gasteiger partial charge in [-0.05, 0) is 31.5 Å². The van der Waals surface area contributed by atoms with Crippen molar-refractivity contribution in [2.24, 2.45) is 4.99 Å². The topological polar surface area (TPSA) is 80.7 Å². The van der Waals surface area contributed by atoms with Gasteiger partial charge in [0.1, 0.15) is 5.65 Å². The third-order valence-corrected chi connectivity index (χ3v) is 6.07. The molecular weight excluding hydrogens is 390 g/mol. The minimum atomic E-state index is 0.0298. The van der Waals surface area contributed by atoms with E-state index in [0.717, 1.165) is 45.1 Å². The van der Waals surface area contributed by atoms with Crippen molar-refractivity contribution in [2.75, 3.05) is 11.9 Å². The molecule has 0 N–H and O–H groups in total. The number of pyridine rings is 2. The number of hydrogen-bond donors (Lipinski definition) is 0. The van der Waals surface area contributed by atoms with Crippen LogP contribution in [0.1, 0.15) is 35.4 Å². The minimum absolute atomic E-state index is 0.0298. The van der Waals surface area contributed by atoms with Gasteiger partial charge in [0.15, 0.2) is 5.82 Å². The molecule has 2 aliphatic heterocycles. The summed E-state index contributed by atoms with van der Waals surface area (Å²) in [5.41, 5.74) is 7.43. The first-order valence-corrected chi connectivity index (χ1v) is 10.4. The van der Waals surface area contributed by atoms with E-state index < -0.39 is 0 Å². The number of nitrogens with zero attached hydrogens (tertiary/aromatic N) is 7. The maximum atomic E-state index is 13.0. The summed E-state index contributed by atoms with van der Waals surface area (Å²) in [5, 5.41) is 4.65. The first kappa shape index (κ1) is 18.0. The number of carbonyl (C=O) groups is 1. The van der Waals surface area contributed by atoms with Crippen molar-refractivity contribution in [3.63, 3.8) is 0 Å². The Bertz CT molecular complexity index is 1390. The second kappa shape index (κ2) is 6.60. The molecule has 154 valence electrons. The number of rotatable bonds is 0. The number of amides is 1. The average molecular weight is 411 g/mol. The Morgan fingerprint density at radius 2 is 2.06 bits per heavy atom. The van der Waals surface area contributed by atoms with E-state index in [4.69, 9.17) is 15.0 Å². The Kier molecular flexibility index (Phi) is 3.83. The molecule has 8 heteroatoms. The number of hydrogen-bond acceptors (Lipinski definition) is 5. The lowest BCUT2D eigenvalue weighted by Crippen LogP contribution is -2.27. The van der Waals surface area contributed by atoms with Crippen molar-refractivity contribution in [3.05, 3.63) is 65.4 Å². The normalized spacial score (nSPS) is 15.7. The maximum absolute atomic E-state index is 13.0. The van der Waals surface area contributed by atoms with Crippen LogP contribution in [0.3, 0.4) is 0 Å². The fourth-order valence-electron chi connectivity index (χ4n) is 4.45. The molecule has 0 saturated carbocycles. The number of aromatic nitrogens is 5. The second-order valence-corrected chi connectivity index (χ2v) is 8.04. The summed E-state index contributed by atoms with van der Waals surface area (Å²) < 4.78 is 3.93. The molecule has 6 rings (SSSR count). The van der Waals surface area contributed by atoms with Crippen molar-refractivity contribution < 1.29 is 4.79 Å². The summed E-state index contributed by atoms with van der Waals surface area (Å²) in [5.74, 6) is 0.670. The predicted octanol–water partition coefficient (Wildman–Crippen LogP) is 3.01. The van der Waals surface area contributed by atoms with E-state index in [2.05, 4.69) is 11.2 Å². The highest BCUT2D eigenvalue weighted by atomic mass is 16.2. The number of fused-ring (bicyclic) bond motifs is 8. The molecule has 4 bridgehead atoms. The van der Waals surface area contributed by atoms with E-state index in [1.54, 1.807) is 11.9 Å². The highest BCUT2D eigenvalue weighted by molar-refractivity contribution is 6.16. The van der Waals surface area contributed by atoms with Crippen molar-refractivity contribution in [1.29, 1.82) is 0 Å². The first-order chi connectivity index (χ1) is 15.1. The molecule has 0 atom stereocenters. The molecule has 4 aromatic rings. The van der Waals surface area contributed by atoms with Gasteiger partial charge in [0.25, 0.3) is 0 Å². The molecule has 0 aromatic carbocycles. The zero-order chi connectivity index (χ0) is 21.1. The molecule has 0 saturated heterocycles. The Labute approximate surface area is 178 Å². The standard InChI is InChI=1S/C23H21N7O/c1-14-17-13-29(27-14)8-5-7-20(31)28(2)23-22(30-9-4-3-6-19(30)26-23)15-10-16-18(24-11-15)12-25-21(16)17/h3-4,6,9-11,13H,5,7-8,12H2,1-2H3. The molecule has 4 aromatic heterocycles. The predicted molar refractivity (Wildman–Crippen MR) is 117 cm³/mol. The van der Waals surface area contributed by atoms with Crippen LogP contribution in [0.4, 0.5) is 5.82 Å². The van der Waals surface area contributed by atoms with Crippen LogP contribution in [-0.4, -0.2) is 42.8 Å². The molecule has 0 radical (unpaired) electrons. The second-order valence-electron chi connectivity index (χ2n) is 8.04. The highest BCUT2D eigenvalue weighted by Crippen LogP contribution is 2.34. The molecule has 1 amide bonds. The van der Waals surface area contributed by atoms with Gasteiger partial charge in [-0.15, -0.1) is 0 Å². The summed E-state index contributed by atoms with van der Waals surface area (Å²) >= 11 is 0. The zero-order valence-electron chi connectivity index (χ0n) is 17.4. The van der Waals surface area contributed by atoms with Gasteiger partial charge in [-0.3, -0.25) is 28.8 Å². The van der Waals surface area contributed by atoms with Gasteiger partial charge in [0, 0.05) is 55.3 Å². The summed E-state index contributed by atoms with van der Waals surface area (Å²) in [6, 6.07) is 7.98. The van der Waals surface area contributed by atoms with Crippen LogP contribution in [-0.2, 0) is 17.9 Å². The number of anilines is 1. The van der Waals surface area contributed by atoms with Gasteiger partial charge in [-0.2, -0.15) is 5.10 Å². The van der Waals surface area contributed by atoms with Gasteiger partial charge >= 0.3 is 0 Å². The quantitative estimate of drug-likeness (QED) is 0.445. The third-order valence-electron chi connectivity index (χ3n) is 6.07. The largest absolute Gasteiger partial charge is 0.298 e. The number of carbonyl (C=O) groups excluding carboxylic acids is 1. The van der Waals surface area contributed by atoms with Gasteiger partial charge in [0.05, 0.1) is 29.3 Å². The lowest BCUT2D eigenvalue weighted by Gasteiger charge is -2.17. The first-order valence-electron chi connectivity index (χ1n) is 10.4. The molecule has 2 aliphatic rings. The van der Waals surface area contributed by atoms with E-state index in [-0.39, 0.29) is 5.91 Å². The molecule has 8 nitrogen and oxygen atoms in total. The van der Waals surface area contributed by atoms with Crippen LogP contribution >= 0.6 is 0 Å². The molecule has 6 heterocycles. The maximum Gasteiger partial charge on any atom is 0.228 e. The van der Waals surface area contributed by atoms with E-state index >= 15 is 0 Å². The smallest absolute Gasteiger partial charge is 0.228 e. The summed E-state index contributed by atoms with van der Waals surface area (Å²) in [7, 11) is 1.79.